The van der Waals surface area contributed by atoms with Crippen LogP contribution in [0.15, 0.2) is 22.7 Å². The predicted octanol–water partition coefficient (Wildman–Crippen LogP) is 3.39. The third-order valence-electron chi connectivity index (χ3n) is 2.79. The molecule has 4 heteroatoms. The van der Waals surface area contributed by atoms with Crippen LogP contribution in [-0.4, -0.2) is 19.7 Å². The fourth-order valence-corrected chi connectivity index (χ4v) is 2.14. The minimum absolute atomic E-state index is 0.137. The summed E-state index contributed by atoms with van der Waals surface area (Å²) in [6.45, 7) is 6.80. The van der Waals surface area contributed by atoms with Gasteiger partial charge in [-0.2, -0.15) is 0 Å². The van der Waals surface area contributed by atoms with Gasteiger partial charge in [0, 0.05) is 16.4 Å². The van der Waals surface area contributed by atoms with Gasteiger partial charge in [-0.15, -0.1) is 0 Å². The first kappa shape index (κ1) is 14.0. The second-order valence-corrected chi connectivity index (χ2v) is 5.60. The van der Waals surface area contributed by atoms with Gasteiger partial charge in [-0.25, -0.2) is 4.79 Å². The van der Waals surface area contributed by atoms with Crippen LogP contribution in [0.4, 0.5) is 4.79 Å². The van der Waals surface area contributed by atoms with Crippen molar-refractivity contribution in [2.45, 2.75) is 26.2 Å². The fourth-order valence-electron chi connectivity index (χ4n) is 1.78. The molecule has 1 aromatic carbocycles. The number of hydrogen-bond donors (Lipinski definition) is 1. The molecule has 0 atom stereocenters. The first-order valence-electron chi connectivity index (χ1n) is 5.45. The zero-order valence-electron chi connectivity index (χ0n) is 10.6. The number of halogens is 1. The van der Waals surface area contributed by atoms with Crippen molar-refractivity contribution in [3.05, 3.63) is 33.8 Å². The smallest absolute Gasteiger partial charge is 0.406 e. The highest BCUT2D eigenvalue weighted by molar-refractivity contribution is 9.10. The summed E-state index contributed by atoms with van der Waals surface area (Å²) < 4.78 is 5.62. The van der Waals surface area contributed by atoms with E-state index in [1.165, 1.54) is 18.2 Å². The molecule has 17 heavy (non-hydrogen) atoms. The normalized spacial score (nSPS) is 11.1. The van der Waals surface area contributed by atoms with Gasteiger partial charge in [0.15, 0.2) is 0 Å². The Morgan fingerprint density at radius 3 is 2.71 bits per heavy atom. The minimum Gasteiger partial charge on any atom is -0.453 e. The third-order valence-corrected chi connectivity index (χ3v) is 3.28. The van der Waals surface area contributed by atoms with Gasteiger partial charge in [-0.05, 0) is 30.2 Å². The molecule has 0 radical (unpaired) electrons. The zero-order valence-corrected chi connectivity index (χ0v) is 12.2. The number of nitrogens with one attached hydrogen (secondary N) is 1. The van der Waals surface area contributed by atoms with Gasteiger partial charge in [0.25, 0.3) is 0 Å². The van der Waals surface area contributed by atoms with Crippen molar-refractivity contribution < 1.29 is 9.53 Å². The largest absolute Gasteiger partial charge is 0.453 e. The third kappa shape index (κ3) is 3.73. The summed E-state index contributed by atoms with van der Waals surface area (Å²) in [4.78, 5) is 11.1. The van der Waals surface area contributed by atoms with Crippen LogP contribution in [-0.2, 0) is 10.2 Å². The maximum Gasteiger partial charge on any atom is 0.406 e. The number of methoxy groups -OCH3 is 1. The molecule has 0 heterocycles. The molecule has 1 rings (SSSR count). The molecule has 3 nitrogen and oxygen atoms in total. The molecule has 1 N–H and O–H groups in total. The Bertz CT molecular complexity index is 416. The molecule has 0 aliphatic heterocycles. The Labute approximate surface area is 111 Å². The van der Waals surface area contributed by atoms with E-state index in [1.54, 1.807) is 0 Å². The minimum atomic E-state index is -0.397. The molecule has 94 valence electrons. The van der Waals surface area contributed by atoms with Gasteiger partial charge >= 0.3 is 6.09 Å². The van der Waals surface area contributed by atoms with Crippen LogP contribution in [0.25, 0.3) is 0 Å². The molecule has 0 bridgehead atoms. The van der Waals surface area contributed by atoms with E-state index in [1.807, 2.05) is 6.07 Å². The average Bonchev–Trinajstić information content (AvgIpc) is 2.29. The van der Waals surface area contributed by atoms with Crippen molar-refractivity contribution in [2.75, 3.05) is 13.7 Å². The number of alkyl carbamates (subject to hydrolysis) is 1. The summed E-state index contributed by atoms with van der Waals surface area (Å²) in [5, 5.41) is 2.74. The number of carbonyl (C=O) groups is 1. The first-order valence-corrected chi connectivity index (χ1v) is 6.24. The van der Waals surface area contributed by atoms with Gasteiger partial charge < -0.3 is 10.1 Å². The monoisotopic (exact) mass is 299 g/mol. The number of benzene rings is 1. The van der Waals surface area contributed by atoms with Gasteiger partial charge in [0.1, 0.15) is 0 Å². The SMILES string of the molecule is COC(=O)NCC(C)(C)c1cc(Br)ccc1C. The molecule has 0 fully saturated rings. The van der Waals surface area contributed by atoms with Crippen molar-refractivity contribution in [1.29, 1.82) is 0 Å². The Kier molecular flexibility index (Phi) is 4.57. The van der Waals surface area contributed by atoms with Gasteiger partial charge in [0.05, 0.1) is 7.11 Å². The lowest BCUT2D eigenvalue weighted by atomic mass is 9.82. The van der Waals surface area contributed by atoms with E-state index < -0.39 is 6.09 Å². The number of rotatable bonds is 3. The van der Waals surface area contributed by atoms with Crippen LogP contribution in [0, 0.1) is 6.92 Å². The lowest BCUT2D eigenvalue weighted by Crippen LogP contribution is -2.37. The van der Waals surface area contributed by atoms with E-state index in [0.717, 1.165) is 4.47 Å². The van der Waals surface area contributed by atoms with Gasteiger partial charge in [0.2, 0.25) is 0 Å². The fraction of sp³-hybridized carbons (Fsp3) is 0.462. The van der Waals surface area contributed by atoms with Crippen LogP contribution in [0.1, 0.15) is 25.0 Å². The average molecular weight is 300 g/mol. The molecule has 0 aliphatic rings. The molecule has 0 aliphatic carbocycles. The van der Waals surface area contributed by atoms with Crippen molar-refractivity contribution in [3.63, 3.8) is 0 Å². The first-order chi connectivity index (χ1) is 7.86. The summed E-state index contributed by atoms with van der Waals surface area (Å²) in [6, 6.07) is 6.18. The number of amides is 1. The van der Waals surface area contributed by atoms with E-state index in [2.05, 4.69) is 58.9 Å². The van der Waals surface area contributed by atoms with Crippen LogP contribution < -0.4 is 5.32 Å². The van der Waals surface area contributed by atoms with Gasteiger partial charge in [-0.1, -0.05) is 35.8 Å². The molecule has 0 aromatic heterocycles. The van der Waals surface area contributed by atoms with E-state index in [4.69, 9.17) is 0 Å². The molecule has 0 unspecified atom stereocenters. The molecular weight excluding hydrogens is 282 g/mol. The second kappa shape index (κ2) is 5.54. The van der Waals surface area contributed by atoms with Gasteiger partial charge in [-0.3, -0.25) is 0 Å². The molecule has 0 saturated carbocycles. The maximum atomic E-state index is 11.1. The van der Waals surface area contributed by atoms with Crippen LogP contribution in [0.2, 0.25) is 0 Å². The maximum absolute atomic E-state index is 11.1. The summed E-state index contributed by atoms with van der Waals surface area (Å²) in [5.41, 5.74) is 2.29. The zero-order chi connectivity index (χ0) is 13.1. The highest BCUT2D eigenvalue weighted by Gasteiger charge is 2.23. The predicted molar refractivity (Wildman–Crippen MR) is 72.3 cm³/mol. The molecule has 1 amide bonds. The van der Waals surface area contributed by atoms with Crippen molar-refractivity contribution in [1.82, 2.24) is 5.32 Å². The Hall–Kier alpha value is -1.03. The quantitative estimate of drug-likeness (QED) is 0.929. The molecule has 1 aromatic rings. The number of aryl methyl sites for hydroxylation is 1. The summed E-state index contributed by atoms with van der Waals surface area (Å²) >= 11 is 3.47. The Morgan fingerprint density at radius 1 is 1.47 bits per heavy atom. The second-order valence-electron chi connectivity index (χ2n) is 4.69. The standard InChI is InChI=1S/C13H18BrNO2/c1-9-5-6-10(14)7-11(9)13(2,3)8-15-12(16)17-4/h5-7H,8H2,1-4H3,(H,15,16). The van der Waals surface area contributed by atoms with Crippen molar-refractivity contribution in [2.24, 2.45) is 0 Å². The van der Waals surface area contributed by atoms with E-state index in [9.17, 15) is 4.79 Å². The lowest BCUT2D eigenvalue weighted by molar-refractivity contribution is 0.168. The van der Waals surface area contributed by atoms with Crippen molar-refractivity contribution >= 4 is 22.0 Å². The lowest BCUT2D eigenvalue weighted by Gasteiger charge is -2.27. The molecule has 0 spiro atoms. The highest BCUT2D eigenvalue weighted by atomic mass is 79.9. The van der Waals surface area contributed by atoms with Crippen LogP contribution in [0.5, 0.6) is 0 Å². The van der Waals surface area contributed by atoms with Crippen LogP contribution in [0.3, 0.4) is 0 Å². The van der Waals surface area contributed by atoms with E-state index in [-0.39, 0.29) is 5.41 Å². The van der Waals surface area contributed by atoms with Crippen LogP contribution >= 0.6 is 15.9 Å². The topological polar surface area (TPSA) is 38.3 Å². The Balaban J connectivity index is 2.88. The molecular formula is C13H18BrNO2. The molecule has 0 saturated heterocycles. The number of carbonyl (C=O) groups excluding carboxylic acids is 1. The van der Waals surface area contributed by atoms with E-state index in [0.29, 0.717) is 6.54 Å². The summed E-state index contributed by atoms with van der Waals surface area (Å²) in [7, 11) is 1.37. The van der Waals surface area contributed by atoms with Crippen molar-refractivity contribution in [3.8, 4) is 0 Å². The highest BCUT2D eigenvalue weighted by Crippen LogP contribution is 2.28. The number of hydrogen-bond acceptors (Lipinski definition) is 2. The number of ether oxygens (including phenoxy) is 1. The summed E-state index contributed by atoms with van der Waals surface area (Å²) in [5.74, 6) is 0. The summed E-state index contributed by atoms with van der Waals surface area (Å²) in [6.07, 6.45) is -0.397. The Morgan fingerprint density at radius 2 is 2.12 bits per heavy atom. The van der Waals surface area contributed by atoms with E-state index >= 15 is 0 Å².